The Bertz CT molecular complexity index is 707. The van der Waals surface area contributed by atoms with Crippen molar-refractivity contribution in [3.05, 3.63) is 35.1 Å². The van der Waals surface area contributed by atoms with Gasteiger partial charge in [-0.3, -0.25) is 4.79 Å². The van der Waals surface area contributed by atoms with Gasteiger partial charge in [-0.2, -0.15) is 0 Å². The van der Waals surface area contributed by atoms with E-state index in [0.717, 1.165) is 29.4 Å². The highest BCUT2D eigenvalue weighted by molar-refractivity contribution is 5.98. The monoisotopic (exact) mass is 301 g/mol. The van der Waals surface area contributed by atoms with Crippen molar-refractivity contribution in [2.75, 3.05) is 6.54 Å². The lowest BCUT2D eigenvalue weighted by Crippen LogP contribution is -2.47. The van der Waals surface area contributed by atoms with Gasteiger partial charge in [0, 0.05) is 11.9 Å². The Balaban J connectivity index is 1.95. The van der Waals surface area contributed by atoms with Gasteiger partial charge in [-0.05, 0) is 62.4 Å². The highest BCUT2D eigenvalue weighted by atomic mass is 16.4. The first-order valence-corrected chi connectivity index (χ1v) is 7.52. The summed E-state index contributed by atoms with van der Waals surface area (Å²) in [6.07, 6.45) is 2.16. The number of hydrogen-bond donors (Lipinski definition) is 1. The van der Waals surface area contributed by atoms with Gasteiger partial charge in [0.15, 0.2) is 5.76 Å². The standard InChI is InChI=1S/C17H19NO4/c1-10-7-12-9-15(22-14(12)8-11(10)2)16(19)18-6-4-3-5-13(18)17(20)21/h7-9,13H,3-6H2,1-2H3,(H,20,21). The van der Waals surface area contributed by atoms with Crippen LogP contribution in [0.3, 0.4) is 0 Å². The zero-order valence-electron chi connectivity index (χ0n) is 12.8. The molecule has 116 valence electrons. The van der Waals surface area contributed by atoms with Crippen LogP contribution in [-0.4, -0.2) is 34.5 Å². The molecule has 0 spiro atoms. The van der Waals surface area contributed by atoms with E-state index >= 15 is 0 Å². The third-order valence-electron chi connectivity index (χ3n) is 4.39. The number of likely N-dealkylation sites (tertiary alicyclic amines) is 1. The molecule has 1 fully saturated rings. The van der Waals surface area contributed by atoms with E-state index in [1.54, 1.807) is 6.07 Å². The van der Waals surface area contributed by atoms with Gasteiger partial charge >= 0.3 is 5.97 Å². The van der Waals surface area contributed by atoms with Crippen LogP contribution in [0, 0.1) is 13.8 Å². The molecule has 1 saturated heterocycles. The molecule has 2 aromatic rings. The molecule has 1 unspecified atom stereocenters. The smallest absolute Gasteiger partial charge is 0.326 e. The van der Waals surface area contributed by atoms with Crippen molar-refractivity contribution in [2.24, 2.45) is 0 Å². The summed E-state index contributed by atoms with van der Waals surface area (Å²) in [7, 11) is 0. The number of aryl methyl sites for hydroxylation is 2. The molecule has 2 heterocycles. The molecular formula is C17H19NO4. The Hall–Kier alpha value is -2.30. The largest absolute Gasteiger partial charge is 0.480 e. The summed E-state index contributed by atoms with van der Waals surface area (Å²) < 4.78 is 5.66. The molecule has 3 rings (SSSR count). The minimum absolute atomic E-state index is 0.216. The Morgan fingerprint density at radius 3 is 2.64 bits per heavy atom. The number of piperidine rings is 1. The summed E-state index contributed by atoms with van der Waals surface area (Å²) in [5, 5.41) is 10.2. The molecule has 0 radical (unpaired) electrons. The van der Waals surface area contributed by atoms with Crippen LogP contribution >= 0.6 is 0 Å². The molecule has 1 amide bonds. The average molecular weight is 301 g/mol. The van der Waals surface area contributed by atoms with Gasteiger partial charge in [0.2, 0.25) is 0 Å². The van der Waals surface area contributed by atoms with E-state index in [0.29, 0.717) is 18.5 Å². The lowest BCUT2D eigenvalue weighted by Gasteiger charge is -2.32. The van der Waals surface area contributed by atoms with Crippen LogP contribution in [0.2, 0.25) is 0 Å². The first kappa shape index (κ1) is 14.6. The molecule has 1 aliphatic heterocycles. The lowest BCUT2D eigenvalue weighted by molar-refractivity contribution is -0.143. The summed E-state index contributed by atoms with van der Waals surface area (Å²) >= 11 is 0. The molecule has 0 aliphatic carbocycles. The van der Waals surface area contributed by atoms with Gasteiger partial charge in [-0.15, -0.1) is 0 Å². The van der Waals surface area contributed by atoms with E-state index < -0.39 is 12.0 Å². The van der Waals surface area contributed by atoms with Crippen LogP contribution in [-0.2, 0) is 4.79 Å². The fourth-order valence-corrected chi connectivity index (χ4v) is 2.98. The Kier molecular flexibility index (Phi) is 3.64. The lowest BCUT2D eigenvalue weighted by atomic mass is 10.0. The zero-order valence-corrected chi connectivity index (χ0v) is 12.8. The van der Waals surface area contributed by atoms with E-state index in [9.17, 15) is 14.7 Å². The van der Waals surface area contributed by atoms with E-state index in [4.69, 9.17) is 4.42 Å². The van der Waals surface area contributed by atoms with Crippen molar-refractivity contribution >= 4 is 22.8 Å². The molecular weight excluding hydrogens is 282 g/mol. The third kappa shape index (κ3) is 2.47. The third-order valence-corrected chi connectivity index (χ3v) is 4.39. The van der Waals surface area contributed by atoms with Crippen molar-refractivity contribution in [1.82, 2.24) is 4.90 Å². The molecule has 1 N–H and O–H groups in total. The van der Waals surface area contributed by atoms with E-state index in [-0.39, 0.29) is 11.7 Å². The summed E-state index contributed by atoms with van der Waals surface area (Å²) in [5.74, 6) is -1.07. The Morgan fingerprint density at radius 1 is 1.18 bits per heavy atom. The van der Waals surface area contributed by atoms with Crippen molar-refractivity contribution in [1.29, 1.82) is 0 Å². The highest BCUT2D eigenvalue weighted by Gasteiger charge is 2.33. The van der Waals surface area contributed by atoms with Crippen molar-refractivity contribution in [2.45, 2.75) is 39.2 Å². The first-order chi connectivity index (χ1) is 10.5. The van der Waals surface area contributed by atoms with Gasteiger partial charge in [0.05, 0.1) is 0 Å². The van der Waals surface area contributed by atoms with Gasteiger partial charge in [-0.25, -0.2) is 4.79 Å². The van der Waals surface area contributed by atoms with Gasteiger partial charge in [0.25, 0.3) is 5.91 Å². The van der Waals surface area contributed by atoms with Crippen LogP contribution in [0.5, 0.6) is 0 Å². The Morgan fingerprint density at radius 2 is 1.91 bits per heavy atom. The number of carbonyl (C=O) groups is 2. The maximum Gasteiger partial charge on any atom is 0.326 e. The summed E-state index contributed by atoms with van der Waals surface area (Å²) in [5.41, 5.74) is 2.89. The van der Waals surface area contributed by atoms with E-state index in [2.05, 4.69) is 0 Å². The van der Waals surface area contributed by atoms with Crippen LogP contribution < -0.4 is 0 Å². The molecule has 1 aromatic carbocycles. The number of rotatable bonds is 2. The summed E-state index contributed by atoms with van der Waals surface area (Å²) in [6.45, 7) is 4.46. The quantitative estimate of drug-likeness (QED) is 0.925. The topological polar surface area (TPSA) is 70.8 Å². The number of aliphatic carboxylic acids is 1. The summed E-state index contributed by atoms with van der Waals surface area (Å²) in [4.78, 5) is 25.4. The van der Waals surface area contributed by atoms with Gasteiger partial charge < -0.3 is 14.4 Å². The zero-order chi connectivity index (χ0) is 15.9. The molecule has 0 bridgehead atoms. The van der Waals surface area contributed by atoms with Gasteiger partial charge in [-0.1, -0.05) is 0 Å². The number of carbonyl (C=O) groups excluding carboxylic acids is 1. The number of carboxylic acids is 1. The molecule has 1 aromatic heterocycles. The SMILES string of the molecule is Cc1cc2cc(C(=O)N3CCCCC3C(=O)O)oc2cc1C. The first-order valence-electron chi connectivity index (χ1n) is 7.52. The van der Waals surface area contributed by atoms with Crippen LogP contribution in [0.15, 0.2) is 22.6 Å². The van der Waals surface area contributed by atoms with Crippen LogP contribution in [0.25, 0.3) is 11.0 Å². The van der Waals surface area contributed by atoms with Crippen LogP contribution in [0.1, 0.15) is 40.9 Å². The number of carboxylic acid groups (broad SMARTS) is 1. The minimum Gasteiger partial charge on any atom is -0.480 e. The molecule has 1 aliphatic rings. The van der Waals surface area contributed by atoms with E-state index in [1.807, 2.05) is 26.0 Å². The normalized spacial score (nSPS) is 18.6. The number of hydrogen-bond acceptors (Lipinski definition) is 3. The predicted octanol–water partition coefficient (Wildman–Crippen LogP) is 3.13. The predicted molar refractivity (Wildman–Crippen MR) is 82.0 cm³/mol. The molecule has 22 heavy (non-hydrogen) atoms. The maximum atomic E-state index is 12.6. The molecule has 1 atom stereocenters. The second-order valence-electron chi connectivity index (χ2n) is 5.93. The van der Waals surface area contributed by atoms with Gasteiger partial charge in [0.1, 0.15) is 11.6 Å². The van der Waals surface area contributed by atoms with Crippen molar-refractivity contribution < 1.29 is 19.1 Å². The fraction of sp³-hybridized carbons (Fsp3) is 0.412. The molecule has 5 nitrogen and oxygen atoms in total. The number of fused-ring (bicyclic) bond motifs is 1. The van der Waals surface area contributed by atoms with Crippen molar-refractivity contribution in [3.8, 4) is 0 Å². The second kappa shape index (κ2) is 5.48. The average Bonchev–Trinajstić information content (AvgIpc) is 2.89. The van der Waals surface area contributed by atoms with Crippen molar-refractivity contribution in [3.63, 3.8) is 0 Å². The number of benzene rings is 1. The number of furan rings is 1. The van der Waals surface area contributed by atoms with Crippen LogP contribution in [0.4, 0.5) is 0 Å². The second-order valence-corrected chi connectivity index (χ2v) is 5.93. The Labute approximate surface area is 128 Å². The van der Waals surface area contributed by atoms with E-state index in [1.165, 1.54) is 4.90 Å². The number of nitrogens with zero attached hydrogens (tertiary/aromatic N) is 1. The molecule has 5 heteroatoms. The minimum atomic E-state index is -0.948. The fourth-order valence-electron chi connectivity index (χ4n) is 2.98. The molecule has 0 saturated carbocycles. The summed E-state index contributed by atoms with van der Waals surface area (Å²) in [6, 6.07) is 4.85. The maximum absolute atomic E-state index is 12.6. The number of amides is 1. The highest BCUT2D eigenvalue weighted by Crippen LogP contribution is 2.26.